The molecule has 0 N–H and O–H groups in total. The number of nitrogens with zero attached hydrogens (tertiary/aromatic N) is 2. The molecule has 1 aliphatic heterocycles. The molecule has 1 aromatic carbocycles. The SMILES string of the molecule is CCOC(=O)c1ccc(C(=O)N2CCC(C(=O)c3ccc(OC)cc3)CC2)nc1C. The minimum absolute atomic E-state index is 0.0949. The number of ketones is 1. The number of esters is 1. The average molecular weight is 410 g/mol. The van der Waals surface area contributed by atoms with Crippen molar-refractivity contribution in [3.8, 4) is 5.75 Å². The van der Waals surface area contributed by atoms with Gasteiger partial charge in [0.05, 0.1) is 25.0 Å². The number of hydrogen-bond acceptors (Lipinski definition) is 6. The van der Waals surface area contributed by atoms with E-state index in [1.807, 2.05) is 0 Å². The van der Waals surface area contributed by atoms with E-state index in [0.717, 1.165) is 0 Å². The lowest BCUT2D eigenvalue weighted by Gasteiger charge is -2.31. The Bertz CT molecular complexity index is 931. The minimum Gasteiger partial charge on any atom is -0.497 e. The second kappa shape index (κ2) is 9.52. The van der Waals surface area contributed by atoms with Gasteiger partial charge in [-0.2, -0.15) is 0 Å². The van der Waals surface area contributed by atoms with Crippen LogP contribution < -0.4 is 4.74 Å². The third kappa shape index (κ3) is 4.67. The molecule has 2 heterocycles. The van der Waals surface area contributed by atoms with Crippen molar-refractivity contribution >= 4 is 17.7 Å². The number of Topliss-reactive ketones (excluding diaryl/α,β-unsaturated/α-hetero) is 1. The van der Waals surface area contributed by atoms with E-state index in [-0.39, 0.29) is 24.2 Å². The van der Waals surface area contributed by atoms with Gasteiger partial charge in [0.15, 0.2) is 5.78 Å². The molecule has 7 nitrogen and oxygen atoms in total. The molecule has 0 atom stereocenters. The average Bonchev–Trinajstić information content (AvgIpc) is 2.78. The van der Waals surface area contributed by atoms with E-state index in [9.17, 15) is 14.4 Å². The summed E-state index contributed by atoms with van der Waals surface area (Å²) >= 11 is 0. The standard InChI is InChI=1S/C23H26N2O5/c1-4-30-23(28)19-9-10-20(24-15(19)2)22(27)25-13-11-17(12-14-25)21(26)16-5-7-18(29-3)8-6-16/h5-10,17H,4,11-14H2,1-3H3. The number of aromatic nitrogens is 1. The molecule has 0 aliphatic carbocycles. The van der Waals surface area contributed by atoms with Crippen molar-refractivity contribution in [1.29, 1.82) is 0 Å². The Kier molecular flexibility index (Phi) is 6.82. The van der Waals surface area contributed by atoms with Gasteiger partial charge in [0.25, 0.3) is 5.91 Å². The highest BCUT2D eigenvalue weighted by atomic mass is 16.5. The predicted octanol–water partition coefficient (Wildman–Crippen LogP) is 3.31. The van der Waals surface area contributed by atoms with Crippen LogP contribution in [0.25, 0.3) is 0 Å². The van der Waals surface area contributed by atoms with E-state index < -0.39 is 5.97 Å². The van der Waals surface area contributed by atoms with Gasteiger partial charge >= 0.3 is 5.97 Å². The number of likely N-dealkylation sites (tertiary alicyclic amines) is 1. The molecule has 0 bridgehead atoms. The van der Waals surface area contributed by atoms with Crippen LogP contribution in [0.5, 0.6) is 5.75 Å². The van der Waals surface area contributed by atoms with Crippen LogP contribution in [0.1, 0.15) is 56.7 Å². The number of carbonyl (C=O) groups excluding carboxylic acids is 3. The smallest absolute Gasteiger partial charge is 0.339 e. The molecule has 1 fully saturated rings. The van der Waals surface area contributed by atoms with Crippen LogP contribution >= 0.6 is 0 Å². The van der Waals surface area contributed by atoms with Crippen LogP contribution in [0.3, 0.4) is 0 Å². The number of piperidine rings is 1. The van der Waals surface area contributed by atoms with Crippen LogP contribution in [-0.2, 0) is 4.74 Å². The quantitative estimate of drug-likeness (QED) is 0.536. The third-order valence-electron chi connectivity index (χ3n) is 5.33. The summed E-state index contributed by atoms with van der Waals surface area (Å²) in [6.45, 7) is 4.69. The van der Waals surface area contributed by atoms with Gasteiger partial charge in [-0.25, -0.2) is 9.78 Å². The van der Waals surface area contributed by atoms with Gasteiger partial charge in [-0.05, 0) is 63.1 Å². The molecule has 30 heavy (non-hydrogen) atoms. The monoisotopic (exact) mass is 410 g/mol. The van der Waals surface area contributed by atoms with Crippen molar-refractivity contribution in [2.45, 2.75) is 26.7 Å². The fraction of sp³-hybridized carbons (Fsp3) is 0.391. The third-order valence-corrected chi connectivity index (χ3v) is 5.33. The number of amides is 1. The minimum atomic E-state index is -0.445. The normalized spacial score (nSPS) is 14.3. The molecule has 0 unspecified atom stereocenters. The first kappa shape index (κ1) is 21.5. The van der Waals surface area contributed by atoms with Crippen LogP contribution in [0.15, 0.2) is 36.4 Å². The summed E-state index contributed by atoms with van der Waals surface area (Å²) < 4.78 is 10.1. The first-order valence-electron chi connectivity index (χ1n) is 10.1. The number of rotatable bonds is 6. The van der Waals surface area contributed by atoms with Crippen LogP contribution in [0, 0.1) is 12.8 Å². The largest absolute Gasteiger partial charge is 0.497 e. The Hall–Kier alpha value is -3.22. The maximum atomic E-state index is 12.8. The molecular weight excluding hydrogens is 384 g/mol. The van der Waals surface area contributed by atoms with E-state index in [1.54, 1.807) is 62.3 Å². The molecule has 2 aromatic rings. The van der Waals surface area contributed by atoms with Gasteiger partial charge in [-0.3, -0.25) is 9.59 Å². The number of methoxy groups -OCH3 is 1. The molecular formula is C23H26N2O5. The van der Waals surface area contributed by atoms with Gasteiger partial charge in [0.1, 0.15) is 11.4 Å². The number of benzene rings is 1. The molecule has 1 aromatic heterocycles. The molecule has 1 saturated heterocycles. The summed E-state index contributed by atoms with van der Waals surface area (Å²) in [6, 6.07) is 10.2. The number of carbonyl (C=O) groups is 3. The van der Waals surface area contributed by atoms with Crippen molar-refractivity contribution < 1.29 is 23.9 Å². The van der Waals surface area contributed by atoms with Crippen molar-refractivity contribution in [2.75, 3.05) is 26.8 Å². The number of hydrogen-bond donors (Lipinski definition) is 0. The zero-order chi connectivity index (χ0) is 21.7. The molecule has 0 spiro atoms. The maximum Gasteiger partial charge on any atom is 0.339 e. The van der Waals surface area contributed by atoms with E-state index in [2.05, 4.69) is 4.98 Å². The van der Waals surface area contributed by atoms with Crippen molar-refractivity contribution in [2.24, 2.45) is 5.92 Å². The molecule has 0 radical (unpaired) electrons. The molecule has 7 heteroatoms. The van der Waals surface area contributed by atoms with E-state index in [1.165, 1.54) is 0 Å². The fourth-order valence-electron chi connectivity index (χ4n) is 3.60. The topological polar surface area (TPSA) is 85.8 Å². The van der Waals surface area contributed by atoms with E-state index >= 15 is 0 Å². The second-order valence-corrected chi connectivity index (χ2v) is 7.21. The van der Waals surface area contributed by atoms with Crippen molar-refractivity contribution in [3.05, 3.63) is 58.9 Å². The Morgan fingerprint density at radius 3 is 2.30 bits per heavy atom. The predicted molar refractivity (Wildman–Crippen MR) is 111 cm³/mol. The number of aryl methyl sites for hydroxylation is 1. The van der Waals surface area contributed by atoms with Gasteiger partial charge in [-0.15, -0.1) is 0 Å². The highest BCUT2D eigenvalue weighted by Gasteiger charge is 2.29. The molecule has 158 valence electrons. The van der Waals surface area contributed by atoms with Crippen LogP contribution in [0.2, 0.25) is 0 Å². The van der Waals surface area contributed by atoms with E-state index in [4.69, 9.17) is 9.47 Å². The highest BCUT2D eigenvalue weighted by Crippen LogP contribution is 2.24. The first-order valence-corrected chi connectivity index (χ1v) is 10.1. The highest BCUT2D eigenvalue weighted by molar-refractivity contribution is 5.98. The number of pyridine rings is 1. The summed E-state index contributed by atoms with van der Waals surface area (Å²) in [7, 11) is 1.59. The fourth-order valence-corrected chi connectivity index (χ4v) is 3.60. The van der Waals surface area contributed by atoms with Gasteiger partial charge in [0, 0.05) is 24.6 Å². The van der Waals surface area contributed by atoms with Crippen LogP contribution in [-0.4, -0.2) is 54.3 Å². The van der Waals surface area contributed by atoms with Gasteiger partial charge in [0.2, 0.25) is 0 Å². The zero-order valence-corrected chi connectivity index (χ0v) is 17.5. The molecule has 3 rings (SSSR count). The maximum absolute atomic E-state index is 12.8. The zero-order valence-electron chi connectivity index (χ0n) is 17.5. The lowest BCUT2D eigenvalue weighted by atomic mass is 9.88. The lowest BCUT2D eigenvalue weighted by Crippen LogP contribution is -2.40. The summed E-state index contributed by atoms with van der Waals surface area (Å²) in [5.74, 6) is 0.0628. The van der Waals surface area contributed by atoms with E-state index in [0.29, 0.717) is 54.2 Å². The second-order valence-electron chi connectivity index (χ2n) is 7.21. The Morgan fingerprint density at radius 1 is 1.07 bits per heavy atom. The summed E-state index contributed by atoms with van der Waals surface area (Å²) in [5.41, 5.74) is 1.77. The number of ether oxygens (including phenoxy) is 2. The summed E-state index contributed by atoms with van der Waals surface area (Å²) in [4.78, 5) is 43.5. The molecule has 1 aliphatic rings. The van der Waals surface area contributed by atoms with Gasteiger partial charge < -0.3 is 14.4 Å². The Morgan fingerprint density at radius 2 is 1.73 bits per heavy atom. The molecule has 0 saturated carbocycles. The molecule has 1 amide bonds. The Labute approximate surface area is 176 Å². The summed E-state index contributed by atoms with van der Waals surface area (Å²) in [6.07, 6.45) is 1.22. The van der Waals surface area contributed by atoms with Crippen molar-refractivity contribution in [3.63, 3.8) is 0 Å². The Balaban J connectivity index is 1.61. The van der Waals surface area contributed by atoms with Gasteiger partial charge in [-0.1, -0.05) is 0 Å². The summed E-state index contributed by atoms with van der Waals surface area (Å²) in [5, 5.41) is 0. The lowest BCUT2D eigenvalue weighted by molar-refractivity contribution is 0.0523. The first-order chi connectivity index (χ1) is 14.4. The van der Waals surface area contributed by atoms with Crippen LogP contribution in [0.4, 0.5) is 0 Å². The van der Waals surface area contributed by atoms with Crippen molar-refractivity contribution in [1.82, 2.24) is 9.88 Å².